The number of halogens is 4. The number of guanidine groups is 1. The molecule has 0 fully saturated rings. The number of amidine groups is 1. The summed E-state index contributed by atoms with van der Waals surface area (Å²) in [4.78, 5) is 12.7. The van der Waals surface area contributed by atoms with Crippen molar-refractivity contribution in [3.05, 3.63) is 65.6 Å². The topological polar surface area (TPSA) is 90.7 Å². The molecule has 3 aromatic rings. The van der Waals surface area contributed by atoms with Crippen LogP contribution in [0.5, 0.6) is 5.88 Å². The first-order valence-electron chi connectivity index (χ1n) is 9.28. The van der Waals surface area contributed by atoms with Crippen LogP contribution in [0.4, 0.5) is 23.2 Å². The minimum absolute atomic E-state index is 0.0217. The first-order chi connectivity index (χ1) is 15.0. The van der Waals surface area contributed by atoms with E-state index in [4.69, 9.17) is 10.5 Å². The van der Waals surface area contributed by atoms with Crippen molar-refractivity contribution in [1.82, 2.24) is 19.1 Å². The van der Waals surface area contributed by atoms with Crippen LogP contribution in [-0.2, 0) is 6.18 Å². The van der Waals surface area contributed by atoms with Crippen molar-refractivity contribution in [2.24, 2.45) is 15.8 Å². The third-order valence-corrected chi connectivity index (χ3v) is 4.97. The number of aromatic nitrogens is 3. The highest BCUT2D eigenvalue weighted by atomic mass is 19.4. The second-order valence-electron chi connectivity index (χ2n) is 7.14. The Morgan fingerprint density at radius 3 is 2.53 bits per heavy atom. The second kappa shape index (κ2) is 7.41. The Morgan fingerprint density at radius 1 is 1.16 bits per heavy atom. The summed E-state index contributed by atoms with van der Waals surface area (Å²) in [5.41, 5.74) is 5.83. The molecule has 4 rings (SSSR count). The van der Waals surface area contributed by atoms with Gasteiger partial charge in [0.2, 0.25) is 17.4 Å². The fourth-order valence-electron chi connectivity index (χ4n) is 3.29. The summed E-state index contributed by atoms with van der Waals surface area (Å²) >= 11 is 0. The molecule has 1 unspecified atom stereocenters. The van der Waals surface area contributed by atoms with Gasteiger partial charge in [-0.25, -0.2) is 9.97 Å². The summed E-state index contributed by atoms with van der Waals surface area (Å²) < 4.78 is 60.5. The van der Waals surface area contributed by atoms with Crippen molar-refractivity contribution >= 4 is 17.5 Å². The van der Waals surface area contributed by atoms with Gasteiger partial charge in [0.1, 0.15) is 18.4 Å². The maximum atomic E-state index is 14.8. The maximum Gasteiger partial charge on any atom is 0.419 e. The van der Waals surface area contributed by atoms with Crippen LogP contribution in [-0.4, -0.2) is 40.5 Å². The highest BCUT2D eigenvalue weighted by molar-refractivity contribution is 6.11. The lowest BCUT2D eigenvalue weighted by molar-refractivity contribution is -0.140. The van der Waals surface area contributed by atoms with Crippen molar-refractivity contribution in [3.63, 3.8) is 0 Å². The van der Waals surface area contributed by atoms with Gasteiger partial charge < -0.3 is 15.0 Å². The van der Waals surface area contributed by atoms with Gasteiger partial charge in [-0.15, -0.1) is 9.58 Å². The quantitative estimate of drug-likeness (QED) is 0.490. The summed E-state index contributed by atoms with van der Waals surface area (Å²) in [6.45, 7) is 1.83. The maximum absolute atomic E-state index is 14.8. The van der Waals surface area contributed by atoms with E-state index in [0.717, 1.165) is 11.8 Å². The van der Waals surface area contributed by atoms with E-state index >= 15 is 0 Å². The van der Waals surface area contributed by atoms with Gasteiger partial charge in [0.25, 0.3) is 0 Å². The van der Waals surface area contributed by atoms with Crippen LogP contribution in [0, 0.1) is 12.7 Å². The van der Waals surface area contributed by atoms with Gasteiger partial charge in [-0.1, -0.05) is 6.07 Å². The molecule has 0 spiro atoms. The summed E-state index contributed by atoms with van der Waals surface area (Å²) in [6.07, 6.45) is -1.48. The molecule has 1 aliphatic heterocycles. The van der Waals surface area contributed by atoms with E-state index in [1.54, 1.807) is 29.2 Å². The molecule has 166 valence electrons. The molecule has 1 aromatic carbocycles. The summed E-state index contributed by atoms with van der Waals surface area (Å²) in [5, 5.41) is 4.29. The molecule has 2 N–H and O–H groups in total. The van der Waals surface area contributed by atoms with E-state index in [1.165, 1.54) is 20.2 Å². The molecule has 0 bridgehead atoms. The Kier molecular flexibility index (Phi) is 4.96. The number of nitrogens with two attached hydrogens (primary N) is 1. The number of methoxy groups -OCH3 is 1. The van der Waals surface area contributed by atoms with Crippen LogP contribution in [0.2, 0.25) is 0 Å². The summed E-state index contributed by atoms with van der Waals surface area (Å²) in [6, 6.07) is 6.22. The Labute approximate surface area is 179 Å². The number of ether oxygens (including phenoxy) is 1. The monoisotopic (exact) mass is 448 g/mol. The largest absolute Gasteiger partial charge is 0.479 e. The third-order valence-electron chi connectivity index (χ3n) is 4.97. The SMILES string of the molecule is COc1nc(C2=N[N+](C)(c3cccc(C(F)(F)F)c3F)C(N)=N2)ccc1-n1cnc(C)c1. The first-order valence-corrected chi connectivity index (χ1v) is 9.28. The number of nitrogens with zero attached hydrogens (tertiary/aromatic N) is 6. The number of imidazole rings is 1. The number of hydrogen-bond donors (Lipinski definition) is 1. The van der Waals surface area contributed by atoms with Crippen molar-refractivity contribution in [2.75, 3.05) is 14.2 Å². The third kappa shape index (κ3) is 3.47. The zero-order valence-corrected chi connectivity index (χ0v) is 17.2. The van der Waals surface area contributed by atoms with E-state index in [0.29, 0.717) is 11.8 Å². The summed E-state index contributed by atoms with van der Waals surface area (Å²) in [5.74, 6) is -1.42. The predicted molar refractivity (Wildman–Crippen MR) is 110 cm³/mol. The molecule has 0 amide bonds. The molecule has 2 aromatic heterocycles. The lowest BCUT2D eigenvalue weighted by Crippen LogP contribution is -2.48. The molecule has 12 heteroatoms. The van der Waals surface area contributed by atoms with Crippen LogP contribution < -0.4 is 15.1 Å². The van der Waals surface area contributed by atoms with Crippen molar-refractivity contribution < 1.29 is 22.3 Å². The number of benzene rings is 1. The number of hydrogen-bond acceptors (Lipinski definition) is 6. The van der Waals surface area contributed by atoms with Crippen LogP contribution in [0.1, 0.15) is 17.0 Å². The number of aryl methyl sites for hydroxylation is 1. The number of alkyl halides is 3. The fraction of sp³-hybridized carbons (Fsp3) is 0.200. The van der Waals surface area contributed by atoms with Gasteiger partial charge in [0.05, 0.1) is 24.7 Å². The van der Waals surface area contributed by atoms with Gasteiger partial charge in [-0.05, 0) is 30.2 Å². The lowest BCUT2D eigenvalue weighted by Gasteiger charge is -2.22. The average Bonchev–Trinajstić information content (AvgIpc) is 3.30. The van der Waals surface area contributed by atoms with Crippen LogP contribution >= 0.6 is 0 Å². The average molecular weight is 448 g/mol. The van der Waals surface area contributed by atoms with Gasteiger partial charge in [0.15, 0.2) is 5.82 Å². The van der Waals surface area contributed by atoms with Crippen molar-refractivity contribution in [1.29, 1.82) is 0 Å². The van der Waals surface area contributed by atoms with E-state index in [9.17, 15) is 17.6 Å². The Balaban J connectivity index is 1.78. The van der Waals surface area contributed by atoms with E-state index in [1.807, 2.05) is 6.92 Å². The molecule has 8 nitrogen and oxygen atoms in total. The van der Waals surface area contributed by atoms with Gasteiger partial charge in [-0.3, -0.25) is 0 Å². The number of quaternary nitrogens is 1. The smallest absolute Gasteiger partial charge is 0.419 e. The zero-order chi connectivity index (χ0) is 23.3. The molecule has 0 radical (unpaired) electrons. The molecule has 1 atom stereocenters. The van der Waals surface area contributed by atoms with Crippen LogP contribution in [0.3, 0.4) is 0 Å². The fourth-order valence-corrected chi connectivity index (χ4v) is 3.29. The Bertz CT molecular complexity index is 1270. The minimum atomic E-state index is -4.87. The molecule has 3 heterocycles. The Morgan fingerprint density at radius 2 is 1.91 bits per heavy atom. The second-order valence-corrected chi connectivity index (χ2v) is 7.14. The van der Waals surface area contributed by atoms with Crippen LogP contribution in [0.25, 0.3) is 5.69 Å². The zero-order valence-electron chi connectivity index (χ0n) is 17.2. The highest BCUT2D eigenvalue weighted by Crippen LogP contribution is 2.38. The van der Waals surface area contributed by atoms with E-state index < -0.39 is 27.8 Å². The number of pyridine rings is 1. The predicted octanol–water partition coefficient (Wildman–Crippen LogP) is 3.37. The molecule has 0 saturated heterocycles. The van der Waals surface area contributed by atoms with Gasteiger partial charge in [-0.2, -0.15) is 17.6 Å². The molecule has 0 saturated carbocycles. The Hall–Kier alpha value is -3.80. The van der Waals surface area contributed by atoms with Gasteiger partial charge in [0, 0.05) is 12.3 Å². The number of rotatable bonds is 4. The van der Waals surface area contributed by atoms with Crippen molar-refractivity contribution in [2.45, 2.75) is 13.1 Å². The standard InChI is InChI=1S/C20H18F4N7O/c1-11-9-30(10-26-11)14-8-7-13(27-18(14)32-3)17-28-19(25)31(2,29-17)15-6-4-5-12(16(15)21)20(22,23)24/h4-10H,1-3H3,(H2,25,28,29)/q+1. The summed E-state index contributed by atoms with van der Waals surface area (Å²) in [7, 11) is 2.77. The molecular weight excluding hydrogens is 430 g/mol. The van der Waals surface area contributed by atoms with Crippen LogP contribution in [0.15, 0.2) is 52.9 Å². The lowest BCUT2D eigenvalue weighted by atomic mass is 10.1. The number of aliphatic imine (C=N–C) groups is 1. The normalized spacial score (nSPS) is 18.5. The van der Waals surface area contributed by atoms with E-state index in [-0.39, 0.29) is 23.4 Å². The highest BCUT2D eigenvalue weighted by Gasteiger charge is 2.44. The molecule has 32 heavy (non-hydrogen) atoms. The molecule has 1 aliphatic rings. The van der Waals surface area contributed by atoms with Gasteiger partial charge >= 0.3 is 12.1 Å². The van der Waals surface area contributed by atoms with Crippen molar-refractivity contribution in [3.8, 4) is 11.6 Å². The minimum Gasteiger partial charge on any atom is -0.479 e. The molecule has 0 aliphatic carbocycles. The molecular formula is C20H18F4N7O+. The first kappa shape index (κ1) is 21.4. The van der Waals surface area contributed by atoms with E-state index in [2.05, 4.69) is 20.1 Å².